The summed E-state index contributed by atoms with van der Waals surface area (Å²) < 4.78 is 0. The first kappa shape index (κ1) is 29.9. The summed E-state index contributed by atoms with van der Waals surface area (Å²) in [5.41, 5.74) is 6.57. The number of aromatic hydroxyl groups is 1. The normalized spacial score (nSPS) is 15.6. The van der Waals surface area contributed by atoms with Crippen molar-refractivity contribution in [1.29, 1.82) is 0 Å². The molecule has 196 valence electrons. The Morgan fingerprint density at radius 3 is 1.86 bits per heavy atom. The molecule has 0 spiro atoms. The fraction of sp³-hybridized carbons (Fsp3) is 0.583. The highest BCUT2D eigenvalue weighted by Gasteiger charge is 2.33. The van der Waals surface area contributed by atoms with Crippen LogP contribution >= 0.6 is 0 Å². The van der Waals surface area contributed by atoms with Crippen LogP contribution in [0, 0.1) is 11.8 Å². The maximum Gasteiger partial charge on any atom is 0.326 e. The SMILES string of the molecule is CC(C)CC(N)C(=O)NC(Cc1ccc(O)cc1)C(=O)NC(C(=O)NC(C(=O)O)C(C)C)C(C)O. The predicted molar refractivity (Wildman–Crippen MR) is 129 cm³/mol. The first-order chi connectivity index (χ1) is 16.2. The number of phenols is 1. The van der Waals surface area contributed by atoms with E-state index in [2.05, 4.69) is 16.0 Å². The molecule has 0 aliphatic rings. The second-order valence-corrected chi connectivity index (χ2v) is 9.46. The van der Waals surface area contributed by atoms with Gasteiger partial charge in [0.15, 0.2) is 0 Å². The van der Waals surface area contributed by atoms with Crippen molar-refractivity contribution < 1.29 is 34.5 Å². The van der Waals surface area contributed by atoms with Crippen molar-refractivity contribution in [3.05, 3.63) is 29.8 Å². The second kappa shape index (κ2) is 13.6. The van der Waals surface area contributed by atoms with Gasteiger partial charge in [0.2, 0.25) is 17.7 Å². The Morgan fingerprint density at radius 1 is 0.857 bits per heavy atom. The van der Waals surface area contributed by atoms with Gasteiger partial charge in [-0.25, -0.2) is 4.79 Å². The van der Waals surface area contributed by atoms with Crippen molar-refractivity contribution in [2.24, 2.45) is 17.6 Å². The van der Waals surface area contributed by atoms with E-state index in [1.54, 1.807) is 26.0 Å². The highest BCUT2D eigenvalue weighted by molar-refractivity contribution is 5.94. The molecule has 0 aromatic heterocycles. The van der Waals surface area contributed by atoms with E-state index >= 15 is 0 Å². The number of aliphatic carboxylic acids is 1. The molecule has 0 aliphatic carbocycles. The fourth-order valence-electron chi connectivity index (χ4n) is 3.39. The van der Waals surface area contributed by atoms with Crippen molar-refractivity contribution in [3.63, 3.8) is 0 Å². The number of hydrogen-bond donors (Lipinski definition) is 7. The molecule has 5 atom stereocenters. The Kier molecular flexibility index (Phi) is 11.6. The smallest absolute Gasteiger partial charge is 0.326 e. The molecular weight excluding hydrogens is 456 g/mol. The molecule has 0 fully saturated rings. The molecule has 0 saturated carbocycles. The molecule has 8 N–H and O–H groups in total. The van der Waals surface area contributed by atoms with Gasteiger partial charge in [-0.1, -0.05) is 39.8 Å². The van der Waals surface area contributed by atoms with Crippen molar-refractivity contribution in [3.8, 4) is 5.75 Å². The van der Waals surface area contributed by atoms with Crippen LogP contribution in [0.3, 0.4) is 0 Å². The van der Waals surface area contributed by atoms with Gasteiger partial charge >= 0.3 is 5.97 Å². The molecular formula is C24H38N4O7. The van der Waals surface area contributed by atoms with Gasteiger partial charge in [0.1, 0.15) is 23.9 Å². The number of phenolic OH excluding ortho intramolecular Hbond substituents is 1. The number of aliphatic hydroxyl groups is 1. The zero-order valence-corrected chi connectivity index (χ0v) is 20.8. The third-order valence-corrected chi connectivity index (χ3v) is 5.36. The van der Waals surface area contributed by atoms with E-state index in [1.807, 2.05) is 13.8 Å². The molecule has 0 heterocycles. The van der Waals surface area contributed by atoms with Gasteiger partial charge in [-0.3, -0.25) is 14.4 Å². The maximum atomic E-state index is 13.1. The number of carboxylic acids is 1. The number of amides is 3. The zero-order chi connectivity index (χ0) is 26.9. The molecule has 1 aromatic carbocycles. The fourth-order valence-corrected chi connectivity index (χ4v) is 3.39. The molecule has 0 saturated heterocycles. The zero-order valence-electron chi connectivity index (χ0n) is 20.8. The molecule has 3 amide bonds. The summed E-state index contributed by atoms with van der Waals surface area (Å²) in [5.74, 6) is -3.71. The summed E-state index contributed by atoms with van der Waals surface area (Å²) in [6.45, 7) is 8.31. The van der Waals surface area contributed by atoms with E-state index in [-0.39, 0.29) is 18.1 Å². The monoisotopic (exact) mass is 494 g/mol. The lowest BCUT2D eigenvalue weighted by Crippen LogP contribution is -2.60. The quantitative estimate of drug-likeness (QED) is 0.197. The molecule has 11 heteroatoms. The Balaban J connectivity index is 3.11. The standard InChI is InChI=1S/C24H38N4O7/c1-12(2)10-17(25)21(31)26-18(11-15-6-8-16(30)9-7-15)22(32)28-20(14(5)29)23(33)27-19(13(3)4)24(34)35/h6-9,12-14,17-20,29-30H,10-11,25H2,1-5H3,(H,26,31)(H,27,33)(H,28,32)(H,34,35). The van der Waals surface area contributed by atoms with Gasteiger partial charge in [-0.15, -0.1) is 0 Å². The average molecular weight is 495 g/mol. The van der Waals surface area contributed by atoms with E-state index in [4.69, 9.17) is 5.73 Å². The minimum Gasteiger partial charge on any atom is -0.508 e. The molecule has 11 nitrogen and oxygen atoms in total. The summed E-state index contributed by atoms with van der Waals surface area (Å²) in [4.78, 5) is 50.0. The number of nitrogens with two attached hydrogens (primary N) is 1. The lowest BCUT2D eigenvalue weighted by Gasteiger charge is -2.27. The summed E-state index contributed by atoms with van der Waals surface area (Å²) in [5, 5.41) is 36.3. The number of carbonyl (C=O) groups is 4. The predicted octanol–water partition coefficient (Wildman–Crippen LogP) is -0.116. The van der Waals surface area contributed by atoms with Crippen molar-refractivity contribution in [2.75, 3.05) is 0 Å². The van der Waals surface area contributed by atoms with Crippen molar-refractivity contribution >= 4 is 23.7 Å². The third-order valence-electron chi connectivity index (χ3n) is 5.36. The molecule has 5 unspecified atom stereocenters. The highest BCUT2D eigenvalue weighted by Crippen LogP contribution is 2.12. The maximum absolute atomic E-state index is 13.1. The molecule has 1 aromatic rings. The van der Waals surface area contributed by atoms with Crippen LogP contribution in [0.15, 0.2) is 24.3 Å². The Morgan fingerprint density at radius 2 is 1.40 bits per heavy atom. The van der Waals surface area contributed by atoms with Gasteiger partial charge < -0.3 is 37.0 Å². The number of nitrogens with one attached hydrogen (secondary N) is 3. The Labute approximate surface area is 205 Å². The number of carbonyl (C=O) groups excluding carboxylic acids is 3. The molecule has 0 bridgehead atoms. The van der Waals surface area contributed by atoms with Crippen LogP contribution in [0.25, 0.3) is 0 Å². The number of benzene rings is 1. The first-order valence-corrected chi connectivity index (χ1v) is 11.6. The van der Waals surface area contributed by atoms with Crippen LogP contribution < -0.4 is 21.7 Å². The van der Waals surface area contributed by atoms with Gasteiger partial charge in [-0.2, -0.15) is 0 Å². The summed E-state index contributed by atoms with van der Waals surface area (Å²) in [6, 6.07) is 1.32. The summed E-state index contributed by atoms with van der Waals surface area (Å²) >= 11 is 0. The Hall–Kier alpha value is -3.18. The largest absolute Gasteiger partial charge is 0.508 e. The van der Waals surface area contributed by atoms with E-state index in [0.717, 1.165) is 0 Å². The van der Waals surface area contributed by atoms with Crippen LogP contribution in [-0.2, 0) is 25.6 Å². The summed E-state index contributed by atoms with van der Waals surface area (Å²) in [7, 11) is 0. The van der Waals surface area contributed by atoms with Crippen LogP contribution in [0.5, 0.6) is 5.75 Å². The number of hydrogen-bond acceptors (Lipinski definition) is 7. The van der Waals surface area contributed by atoms with E-state index in [1.165, 1.54) is 19.1 Å². The van der Waals surface area contributed by atoms with Crippen LogP contribution in [0.1, 0.15) is 46.6 Å². The first-order valence-electron chi connectivity index (χ1n) is 11.6. The van der Waals surface area contributed by atoms with Crippen LogP contribution in [0.2, 0.25) is 0 Å². The van der Waals surface area contributed by atoms with Crippen LogP contribution in [-0.4, -0.2) is 69.3 Å². The molecule has 0 radical (unpaired) electrons. The Bertz CT molecular complexity index is 871. The van der Waals surface area contributed by atoms with Crippen molar-refractivity contribution in [2.45, 2.75) is 77.7 Å². The minimum atomic E-state index is -1.47. The third kappa shape index (κ3) is 9.91. The summed E-state index contributed by atoms with van der Waals surface area (Å²) in [6.07, 6.45) is -0.942. The lowest BCUT2D eigenvalue weighted by atomic mass is 10.0. The van der Waals surface area contributed by atoms with Gasteiger partial charge in [0.05, 0.1) is 12.1 Å². The average Bonchev–Trinajstić information content (AvgIpc) is 2.75. The topological polar surface area (TPSA) is 191 Å². The number of aliphatic hydroxyl groups excluding tert-OH is 1. The van der Waals surface area contributed by atoms with Gasteiger partial charge in [0.25, 0.3) is 0 Å². The second-order valence-electron chi connectivity index (χ2n) is 9.46. The molecule has 35 heavy (non-hydrogen) atoms. The highest BCUT2D eigenvalue weighted by atomic mass is 16.4. The van der Waals surface area contributed by atoms with Gasteiger partial charge in [-0.05, 0) is 42.9 Å². The van der Waals surface area contributed by atoms with E-state index in [9.17, 15) is 34.5 Å². The van der Waals surface area contributed by atoms with Gasteiger partial charge in [0, 0.05) is 6.42 Å². The van der Waals surface area contributed by atoms with Crippen LogP contribution in [0.4, 0.5) is 0 Å². The molecule has 0 aliphatic heterocycles. The van der Waals surface area contributed by atoms with Crippen molar-refractivity contribution in [1.82, 2.24) is 16.0 Å². The van der Waals surface area contributed by atoms with E-state index in [0.29, 0.717) is 12.0 Å². The lowest BCUT2D eigenvalue weighted by molar-refractivity contribution is -0.144. The number of rotatable bonds is 13. The number of carboxylic acid groups (broad SMARTS) is 1. The molecule has 1 rings (SSSR count). The van der Waals surface area contributed by atoms with E-state index < -0.39 is 59.9 Å². The minimum absolute atomic E-state index is 0.0180.